The monoisotopic (exact) mass is 186 g/mol. The standard InChI is InChI=1S/C8H14N2O3/c1-3-10-7(11)5-9-4-6(2)8(12)13/h9H,2-5H2,1H3,(H,10,11)(H,12,13). The Morgan fingerprint density at radius 3 is 2.46 bits per heavy atom. The fourth-order valence-corrected chi connectivity index (χ4v) is 0.662. The Balaban J connectivity index is 3.50. The summed E-state index contributed by atoms with van der Waals surface area (Å²) >= 11 is 0. The van der Waals surface area contributed by atoms with Gasteiger partial charge in [0.2, 0.25) is 5.91 Å². The summed E-state index contributed by atoms with van der Waals surface area (Å²) in [6.07, 6.45) is 0. The topological polar surface area (TPSA) is 78.4 Å². The van der Waals surface area contributed by atoms with Crippen molar-refractivity contribution in [2.75, 3.05) is 19.6 Å². The van der Waals surface area contributed by atoms with Gasteiger partial charge in [0.15, 0.2) is 0 Å². The Labute approximate surface area is 76.8 Å². The van der Waals surface area contributed by atoms with Crippen molar-refractivity contribution < 1.29 is 14.7 Å². The highest BCUT2D eigenvalue weighted by molar-refractivity contribution is 5.86. The number of carboxylic acids is 1. The van der Waals surface area contributed by atoms with Gasteiger partial charge >= 0.3 is 5.97 Å². The number of hydrogen-bond donors (Lipinski definition) is 3. The molecule has 0 aromatic carbocycles. The molecule has 0 aliphatic rings. The third-order valence-corrected chi connectivity index (χ3v) is 1.30. The number of amides is 1. The van der Waals surface area contributed by atoms with Gasteiger partial charge in [-0.25, -0.2) is 4.79 Å². The van der Waals surface area contributed by atoms with Crippen LogP contribution in [0.4, 0.5) is 0 Å². The van der Waals surface area contributed by atoms with Gasteiger partial charge in [-0.15, -0.1) is 0 Å². The summed E-state index contributed by atoms with van der Waals surface area (Å²) in [5, 5.41) is 13.6. The van der Waals surface area contributed by atoms with E-state index in [0.29, 0.717) is 6.54 Å². The predicted molar refractivity (Wildman–Crippen MR) is 48.3 cm³/mol. The summed E-state index contributed by atoms with van der Waals surface area (Å²) < 4.78 is 0. The Hall–Kier alpha value is -1.36. The van der Waals surface area contributed by atoms with Gasteiger partial charge in [0.25, 0.3) is 0 Å². The molecule has 3 N–H and O–H groups in total. The fourth-order valence-electron chi connectivity index (χ4n) is 0.662. The maximum atomic E-state index is 10.8. The molecule has 13 heavy (non-hydrogen) atoms. The molecule has 0 radical (unpaired) electrons. The van der Waals surface area contributed by atoms with E-state index >= 15 is 0 Å². The third kappa shape index (κ3) is 5.86. The minimum atomic E-state index is -1.05. The Bertz CT molecular complexity index is 213. The number of aliphatic carboxylic acids is 1. The van der Waals surface area contributed by atoms with Crippen LogP contribution in [0.3, 0.4) is 0 Å². The van der Waals surface area contributed by atoms with Gasteiger partial charge in [-0.2, -0.15) is 0 Å². The zero-order valence-corrected chi connectivity index (χ0v) is 7.59. The fraction of sp³-hybridized carbons (Fsp3) is 0.500. The molecule has 0 saturated heterocycles. The number of carbonyl (C=O) groups excluding carboxylic acids is 1. The lowest BCUT2D eigenvalue weighted by atomic mass is 10.3. The molecule has 0 aromatic heterocycles. The molecule has 5 nitrogen and oxygen atoms in total. The molecule has 0 aliphatic carbocycles. The lowest BCUT2D eigenvalue weighted by Gasteiger charge is -2.03. The Morgan fingerprint density at radius 2 is 2.00 bits per heavy atom. The minimum absolute atomic E-state index is 0.0456. The van der Waals surface area contributed by atoms with Crippen molar-refractivity contribution >= 4 is 11.9 Å². The van der Waals surface area contributed by atoms with E-state index < -0.39 is 5.97 Å². The molecule has 0 aromatic rings. The molecule has 0 bridgehead atoms. The summed E-state index contributed by atoms with van der Waals surface area (Å²) in [6.45, 7) is 5.92. The second kappa shape index (κ2) is 6.19. The van der Waals surface area contributed by atoms with Crippen molar-refractivity contribution in [2.24, 2.45) is 0 Å². The second-order valence-corrected chi connectivity index (χ2v) is 2.47. The first-order valence-electron chi connectivity index (χ1n) is 3.96. The first kappa shape index (κ1) is 11.6. The van der Waals surface area contributed by atoms with E-state index in [-0.39, 0.29) is 24.6 Å². The van der Waals surface area contributed by atoms with Crippen molar-refractivity contribution in [2.45, 2.75) is 6.92 Å². The van der Waals surface area contributed by atoms with Crippen molar-refractivity contribution in [3.8, 4) is 0 Å². The molecule has 1 amide bonds. The first-order chi connectivity index (χ1) is 6.07. The maximum absolute atomic E-state index is 10.8. The molecule has 74 valence electrons. The molecular formula is C8H14N2O3. The molecular weight excluding hydrogens is 172 g/mol. The number of carbonyl (C=O) groups is 2. The summed E-state index contributed by atoms with van der Waals surface area (Å²) in [6, 6.07) is 0. The van der Waals surface area contributed by atoms with Crippen LogP contribution in [-0.2, 0) is 9.59 Å². The highest BCUT2D eigenvalue weighted by Gasteiger charge is 2.03. The lowest BCUT2D eigenvalue weighted by Crippen LogP contribution is -2.35. The average Bonchev–Trinajstić information content (AvgIpc) is 2.04. The van der Waals surface area contributed by atoms with Crippen LogP contribution in [0.5, 0.6) is 0 Å². The molecule has 0 spiro atoms. The molecule has 5 heteroatoms. The van der Waals surface area contributed by atoms with E-state index in [0.717, 1.165) is 0 Å². The Morgan fingerprint density at radius 1 is 1.38 bits per heavy atom. The summed E-state index contributed by atoms with van der Waals surface area (Å²) in [7, 11) is 0. The minimum Gasteiger partial charge on any atom is -0.478 e. The maximum Gasteiger partial charge on any atom is 0.332 e. The molecule has 0 unspecified atom stereocenters. The molecule has 0 aliphatic heterocycles. The van der Waals surface area contributed by atoms with Gasteiger partial charge in [0, 0.05) is 18.7 Å². The van der Waals surface area contributed by atoms with Crippen LogP contribution in [0.2, 0.25) is 0 Å². The highest BCUT2D eigenvalue weighted by Crippen LogP contribution is 1.85. The number of hydrogen-bond acceptors (Lipinski definition) is 3. The predicted octanol–water partition coefficient (Wildman–Crippen LogP) is -0.647. The summed E-state index contributed by atoms with van der Waals surface area (Å²) in [4.78, 5) is 21.1. The van der Waals surface area contributed by atoms with Crippen LogP contribution >= 0.6 is 0 Å². The van der Waals surface area contributed by atoms with E-state index in [4.69, 9.17) is 5.11 Å². The molecule has 0 heterocycles. The second-order valence-electron chi connectivity index (χ2n) is 2.47. The third-order valence-electron chi connectivity index (χ3n) is 1.30. The van der Waals surface area contributed by atoms with Crippen LogP contribution in [0.15, 0.2) is 12.2 Å². The highest BCUT2D eigenvalue weighted by atomic mass is 16.4. The van der Waals surface area contributed by atoms with E-state index in [2.05, 4.69) is 17.2 Å². The van der Waals surface area contributed by atoms with Crippen molar-refractivity contribution in [3.63, 3.8) is 0 Å². The van der Waals surface area contributed by atoms with Gasteiger partial charge in [-0.05, 0) is 6.92 Å². The zero-order chi connectivity index (χ0) is 10.3. The molecule has 0 atom stereocenters. The molecule has 0 rings (SSSR count). The van der Waals surface area contributed by atoms with Gasteiger partial charge in [0.1, 0.15) is 0 Å². The van der Waals surface area contributed by atoms with E-state index in [9.17, 15) is 9.59 Å². The SMILES string of the molecule is C=C(CNCC(=O)NCC)C(=O)O. The van der Waals surface area contributed by atoms with Gasteiger partial charge in [-0.3, -0.25) is 4.79 Å². The normalized spacial score (nSPS) is 9.31. The van der Waals surface area contributed by atoms with Crippen LogP contribution in [-0.4, -0.2) is 36.6 Å². The largest absolute Gasteiger partial charge is 0.478 e. The van der Waals surface area contributed by atoms with Crippen molar-refractivity contribution in [3.05, 3.63) is 12.2 Å². The van der Waals surface area contributed by atoms with Gasteiger partial charge < -0.3 is 15.7 Å². The van der Waals surface area contributed by atoms with Crippen LogP contribution in [0, 0.1) is 0 Å². The van der Waals surface area contributed by atoms with E-state index in [1.54, 1.807) is 0 Å². The van der Waals surface area contributed by atoms with Crippen LogP contribution < -0.4 is 10.6 Å². The number of carboxylic acid groups (broad SMARTS) is 1. The average molecular weight is 186 g/mol. The number of likely N-dealkylation sites (N-methyl/N-ethyl adjacent to an activating group) is 1. The Kier molecular flexibility index (Phi) is 5.54. The molecule has 0 saturated carbocycles. The zero-order valence-electron chi connectivity index (χ0n) is 7.59. The van der Waals surface area contributed by atoms with Crippen LogP contribution in [0.1, 0.15) is 6.92 Å². The molecule has 0 fully saturated rings. The van der Waals surface area contributed by atoms with Gasteiger partial charge in [-0.1, -0.05) is 6.58 Å². The quantitative estimate of drug-likeness (QED) is 0.482. The van der Waals surface area contributed by atoms with Crippen molar-refractivity contribution in [1.82, 2.24) is 10.6 Å². The first-order valence-corrected chi connectivity index (χ1v) is 3.96. The van der Waals surface area contributed by atoms with Crippen molar-refractivity contribution in [1.29, 1.82) is 0 Å². The lowest BCUT2D eigenvalue weighted by molar-refractivity contribution is -0.132. The van der Waals surface area contributed by atoms with E-state index in [1.807, 2.05) is 6.92 Å². The van der Waals surface area contributed by atoms with Gasteiger partial charge in [0.05, 0.1) is 6.54 Å². The smallest absolute Gasteiger partial charge is 0.332 e. The van der Waals surface area contributed by atoms with E-state index in [1.165, 1.54) is 0 Å². The number of rotatable bonds is 6. The number of nitrogens with one attached hydrogen (secondary N) is 2. The summed E-state index contributed by atoms with van der Waals surface area (Å²) in [5.41, 5.74) is 0.0456. The van der Waals surface area contributed by atoms with Crippen LogP contribution in [0.25, 0.3) is 0 Å². The summed E-state index contributed by atoms with van der Waals surface area (Å²) in [5.74, 6) is -1.20.